The van der Waals surface area contributed by atoms with Crippen LogP contribution in [0.5, 0.6) is 0 Å². The first-order chi connectivity index (χ1) is 27.6. The number of esters is 1. The van der Waals surface area contributed by atoms with Gasteiger partial charge < -0.3 is 34.3 Å². The number of allylic oxidation sites excluding steroid dienone is 12. The summed E-state index contributed by atoms with van der Waals surface area (Å²) in [5.74, 6) is -0.486. The van der Waals surface area contributed by atoms with Crippen molar-refractivity contribution in [2.75, 3.05) is 26.4 Å². The van der Waals surface area contributed by atoms with Crippen molar-refractivity contribution >= 4 is 16.4 Å². The van der Waals surface area contributed by atoms with Gasteiger partial charge in [-0.25, -0.2) is 4.18 Å². The molecule has 0 radical (unpaired) electrons. The highest BCUT2D eigenvalue weighted by Crippen LogP contribution is 2.26. The van der Waals surface area contributed by atoms with E-state index in [9.17, 15) is 28.5 Å². The summed E-state index contributed by atoms with van der Waals surface area (Å²) >= 11 is 0. The molecular weight excluding hydrogens is 753 g/mol. The zero-order valence-electron chi connectivity index (χ0n) is 34.6. The molecule has 12 nitrogen and oxygen atoms in total. The largest absolute Gasteiger partial charge is 0.457 e. The summed E-state index contributed by atoms with van der Waals surface area (Å²) < 4.78 is 58.8. The second-order valence-corrected chi connectivity index (χ2v) is 15.2. The van der Waals surface area contributed by atoms with Gasteiger partial charge in [-0.1, -0.05) is 132 Å². The van der Waals surface area contributed by atoms with Gasteiger partial charge in [0.1, 0.15) is 30.5 Å². The Labute approximate surface area is 343 Å². The van der Waals surface area contributed by atoms with Crippen LogP contribution in [0.2, 0.25) is 0 Å². The summed E-state index contributed by atoms with van der Waals surface area (Å²) in [4.78, 5) is 12.8. The van der Waals surface area contributed by atoms with Crippen LogP contribution in [0.25, 0.3) is 0 Å². The number of unbranched alkanes of at least 4 members (excludes halogenated alkanes) is 10. The number of hydrogen-bond acceptors (Lipinski definition) is 11. The molecule has 1 aliphatic rings. The normalized spacial score (nSPS) is 21.4. The lowest BCUT2D eigenvalue weighted by Gasteiger charge is -2.41. The zero-order valence-corrected chi connectivity index (χ0v) is 35.4. The van der Waals surface area contributed by atoms with Crippen molar-refractivity contribution in [3.05, 3.63) is 72.9 Å². The van der Waals surface area contributed by atoms with Crippen molar-refractivity contribution in [1.82, 2.24) is 0 Å². The summed E-state index contributed by atoms with van der Waals surface area (Å²) in [6, 6.07) is 0. The third-order valence-electron chi connectivity index (χ3n) is 9.08. The minimum Gasteiger partial charge on any atom is -0.457 e. The molecule has 6 unspecified atom stereocenters. The monoisotopic (exact) mass is 826 g/mol. The molecule has 0 amide bonds. The zero-order chi connectivity index (χ0) is 41.8. The van der Waals surface area contributed by atoms with E-state index in [-0.39, 0.29) is 19.6 Å². The fraction of sp³-hybridized carbons (Fsp3) is 0.705. The van der Waals surface area contributed by atoms with E-state index < -0.39 is 59.8 Å². The third kappa shape index (κ3) is 29.4. The predicted molar refractivity (Wildman–Crippen MR) is 225 cm³/mol. The smallest absolute Gasteiger partial charge is 0.397 e. The molecule has 328 valence electrons. The molecule has 0 bridgehead atoms. The summed E-state index contributed by atoms with van der Waals surface area (Å²) in [6.07, 6.45) is 35.3. The molecule has 13 heteroatoms. The van der Waals surface area contributed by atoms with Crippen molar-refractivity contribution in [3.63, 3.8) is 0 Å². The Morgan fingerprint density at radius 2 is 1.21 bits per heavy atom. The molecule has 0 aromatic rings. The van der Waals surface area contributed by atoms with Crippen molar-refractivity contribution in [2.24, 2.45) is 0 Å². The maximum absolute atomic E-state index is 12.8. The molecular formula is C44H74O12S. The maximum Gasteiger partial charge on any atom is 0.397 e. The first kappa shape index (κ1) is 52.6. The number of aliphatic hydroxyl groups is 3. The SMILES string of the molecule is CC/C=C\C/C=C\C/C=C\C/C=C\CCC(=O)OC(COCCCCCCCC/C=C\C/C=C\CCCCCC)COC1OC(CO)C(O)C(OS(=O)(=O)O)C1O. The maximum atomic E-state index is 12.8. The summed E-state index contributed by atoms with van der Waals surface area (Å²) in [5, 5.41) is 30.6. The molecule has 1 saturated heterocycles. The van der Waals surface area contributed by atoms with Gasteiger partial charge in [0.2, 0.25) is 0 Å². The quantitative estimate of drug-likeness (QED) is 0.0208. The van der Waals surface area contributed by atoms with Crippen LogP contribution in [0, 0.1) is 0 Å². The molecule has 0 aromatic carbocycles. The van der Waals surface area contributed by atoms with Crippen molar-refractivity contribution in [1.29, 1.82) is 0 Å². The van der Waals surface area contributed by atoms with Gasteiger partial charge in [0, 0.05) is 13.0 Å². The number of carbonyl (C=O) groups excluding carboxylic acids is 1. The predicted octanol–water partition coefficient (Wildman–Crippen LogP) is 8.35. The Morgan fingerprint density at radius 1 is 0.684 bits per heavy atom. The van der Waals surface area contributed by atoms with Gasteiger partial charge in [-0.3, -0.25) is 9.35 Å². The molecule has 0 aromatic heterocycles. The Hall–Kier alpha value is -2.46. The number of carbonyl (C=O) groups is 1. The van der Waals surface area contributed by atoms with Gasteiger partial charge in [0.25, 0.3) is 0 Å². The fourth-order valence-electron chi connectivity index (χ4n) is 5.89. The van der Waals surface area contributed by atoms with Crippen LogP contribution >= 0.6 is 0 Å². The molecule has 1 rings (SSSR count). The molecule has 0 spiro atoms. The van der Waals surface area contributed by atoms with Gasteiger partial charge in [-0.2, -0.15) is 8.42 Å². The highest BCUT2D eigenvalue weighted by atomic mass is 32.3. The van der Waals surface area contributed by atoms with Gasteiger partial charge in [0.15, 0.2) is 6.29 Å². The van der Waals surface area contributed by atoms with Crippen LogP contribution in [0.4, 0.5) is 0 Å². The van der Waals surface area contributed by atoms with Crippen molar-refractivity contribution < 1.29 is 56.2 Å². The second-order valence-electron chi connectivity index (χ2n) is 14.2. The van der Waals surface area contributed by atoms with Crippen molar-refractivity contribution in [3.8, 4) is 0 Å². The van der Waals surface area contributed by atoms with E-state index >= 15 is 0 Å². The van der Waals surface area contributed by atoms with Crippen LogP contribution < -0.4 is 0 Å². The standard InChI is InChI=1S/C44H74O12S/c1-3-5-7-9-11-13-15-17-18-19-20-22-24-26-28-30-32-34-52-36-38(37-53-44-42(48)43(56-57(49,50)51)41(47)39(35-45)55-44)54-40(46)33-31-29-27-25-23-21-16-14-12-10-8-6-4-2/h6,8,12-15,18-19,21,23,27,29,38-39,41-45,47-48H,3-5,7,9-11,16-17,20,22,24-26,28,30-37H2,1-2H3,(H,49,50,51)/b8-6-,14-12-,15-13-,19-18-,23-21-,29-27-. The summed E-state index contributed by atoms with van der Waals surface area (Å²) in [5.41, 5.74) is 0. The average molecular weight is 827 g/mol. The minimum atomic E-state index is -5.07. The Balaban J connectivity index is 2.51. The number of aliphatic hydroxyl groups excluding tert-OH is 3. The fourth-order valence-corrected chi connectivity index (χ4v) is 6.40. The molecule has 4 N–H and O–H groups in total. The Bertz CT molecular complexity index is 1280. The lowest BCUT2D eigenvalue weighted by Crippen LogP contribution is -2.60. The van der Waals surface area contributed by atoms with E-state index in [2.05, 4.69) is 78.8 Å². The highest BCUT2D eigenvalue weighted by Gasteiger charge is 2.48. The van der Waals surface area contributed by atoms with E-state index in [4.69, 9.17) is 23.5 Å². The second kappa shape index (κ2) is 35.5. The molecule has 0 aliphatic carbocycles. The van der Waals surface area contributed by atoms with Crippen molar-refractivity contribution in [2.45, 2.75) is 173 Å². The van der Waals surface area contributed by atoms with Gasteiger partial charge in [-0.05, 0) is 70.6 Å². The van der Waals surface area contributed by atoms with Gasteiger partial charge >= 0.3 is 16.4 Å². The van der Waals surface area contributed by atoms with Gasteiger partial charge in [0.05, 0.1) is 19.8 Å². The number of ether oxygens (including phenoxy) is 4. The van der Waals surface area contributed by atoms with E-state index in [1.54, 1.807) is 0 Å². The number of rotatable bonds is 35. The minimum absolute atomic E-state index is 0.00406. The van der Waals surface area contributed by atoms with Crippen LogP contribution in [0.3, 0.4) is 0 Å². The van der Waals surface area contributed by atoms with E-state index in [1.165, 1.54) is 44.9 Å². The van der Waals surface area contributed by atoms with E-state index in [0.717, 1.165) is 64.2 Å². The average Bonchev–Trinajstić information content (AvgIpc) is 3.18. The Kier molecular flexibility index (Phi) is 32.7. The topological polar surface area (TPSA) is 178 Å². The third-order valence-corrected chi connectivity index (χ3v) is 9.54. The Morgan fingerprint density at radius 3 is 1.77 bits per heavy atom. The summed E-state index contributed by atoms with van der Waals surface area (Å²) in [7, 11) is -5.07. The molecule has 1 aliphatic heterocycles. The van der Waals surface area contributed by atoms with E-state index in [0.29, 0.717) is 13.0 Å². The summed E-state index contributed by atoms with van der Waals surface area (Å²) in [6.45, 7) is 3.71. The van der Waals surface area contributed by atoms with Crippen LogP contribution in [-0.4, -0.2) is 97.5 Å². The molecule has 57 heavy (non-hydrogen) atoms. The highest BCUT2D eigenvalue weighted by molar-refractivity contribution is 7.80. The van der Waals surface area contributed by atoms with Crippen LogP contribution in [-0.2, 0) is 38.3 Å². The van der Waals surface area contributed by atoms with Gasteiger partial charge in [-0.15, -0.1) is 0 Å². The van der Waals surface area contributed by atoms with E-state index in [1.807, 2.05) is 12.2 Å². The number of hydrogen-bond donors (Lipinski definition) is 4. The molecule has 1 fully saturated rings. The molecule has 1 heterocycles. The first-order valence-electron chi connectivity index (χ1n) is 21.2. The first-order valence-corrected chi connectivity index (χ1v) is 22.6. The van der Waals surface area contributed by atoms with Crippen LogP contribution in [0.15, 0.2) is 72.9 Å². The molecule has 6 atom stereocenters. The lowest BCUT2D eigenvalue weighted by molar-refractivity contribution is -0.301. The van der Waals surface area contributed by atoms with Crippen LogP contribution in [0.1, 0.15) is 136 Å². The lowest BCUT2D eigenvalue weighted by atomic mass is 9.99. The molecule has 0 saturated carbocycles.